The van der Waals surface area contributed by atoms with Gasteiger partial charge in [-0.2, -0.15) is 0 Å². The molecule has 6 heteroatoms. The highest BCUT2D eigenvalue weighted by Gasteiger charge is 2.53. The number of carboxylic acid groups (broad SMARTS) is 2. The molecule has 1 fully saturated rings. The van der Waals surface area contributed by atoms with Gasteiger partial charge in [-0.15, -0.1) is 0 Å². The van der Waals surface area contributed by atoms with Crippen molar-refractivity contribution in [3.05, 3.63) is 47.5 Å². The maximum absolute atomic E-state index is 9.55. The summed E-state index contributed by atoms with van der Waals surface area (Å²) in [6, 6.07) is 9.59. The molecule has 1 heterocycles. The Morgan fingerprint density at radius 2 is 1.92 bits per heavy atom. The molecule has 0 amide bonds. The van der Waals surface area contributed by atoms with Crippen LogP contribution in [0.25, 0.3) is 0 Å². The lowest BCUT2D eigenvalue weighted by molar-refractivity contribution is -0.134. The second kappa shape index (κ2) is 7.51. The zero-order valence-corrected chi connectivity index (χ0v) is 13.8. The van der Waals surface area contributed by atoms with Crippen molar-refractivity contribution in [2.45, 2.75) is 31.2 Å². The van der Waals surface area contributed by atoms with Crippen LogP contribution in [0.5, 0.6) is 0 Å². The van der Waals surface area contributed by atoms with Crippen LogP contribution in [0, 0.1) is 11.8 Å². The van der Waals surface area contributed by atoms with Crippen molar-refractivity contribution in [3.8, 4) is 0 Å². The molecular weight excluding hydrogens is 320 g/mol. The quantitative estimate of drug-likeness (QED) is 0.728. The molecule has 1 aromatic carbocycles. The van der Waals surface area contributed by atoms with Gasteiger partial charge in [-0.05, 0) is 48.1 Å². The Bertz CT molecular complexity index is 697. The van der Waals surface area contributed by atoms with Crippen LogP contribution in [0.3, 0.4) is 0 Å². The molecule has 6 nitrogen and oxygen atoms in total. The lowest BCUT2D eigenvalue weighted by Crippen LogP contribution is -2.16. The molecule has 1 aromatic rings. The largest absolute Gasteiger partial charge is 0.478 e. The zero-order chi connectivity index (χ0) is 17.8. The Labute approximate surface area is 146 Å². The number of aliphatic carboxylic acids is 2. The smallest absolute Gasteiger partial charge is 0.328 e. The Morgan fingerprint density at radius 1 is 1.20 bits per heavy atom. The van der Waals surface area contributed by atoms with Gasteiger partial charge in [0.1, 0.15) is 0 Å². The summed E-state index contributed by atoms with van der Waals surface area (Å²) in [5.41, 5.74) is 3.24. The lowest BCUT2D eigenvalue weighted by atomic mass is 9.92. The van der Waals surface area contributed by atoms with Gasteiger partial charge in [-0.1, -0.05) is 24.3 Å². The van der Waals surface area contributed by atoms with Crippen molar-refractivity contribution in [3.63, 3.8) is 0 Å². The van der Waals surface area contributed by atoms with E-state index < -0.39 is 11.9 Å². The molecule has 132 valence electrons. The molecule has 0 spiro atoms. The number of hydrogen-bond donors (Lipinski definition) is 3. The number of carbonyl (C=O) groups is 2. The second-order valence-electron chi connectivity index (χ2n) is 6.68. The van der Waals surface area contributed by atoms with E-state index in [2.05, 4.69) is 34.6 Å². The van der Waals surface area contributed by atoms with Gasteiger partial charge in [0.05, 0.1) is 12.4 Å². The molecule has 0 saturated heterocycles. The first-order valence-corrected chi connectivity index (χ1v) is 8.53. The Balaban J connectivity index is 0.000000197. The number of benzene rings is 1. The summed E-state index contributed by atoms with van der Waals surface area (Å²) in [6.45, 7) is 1.05. The van der Waals surface area contributed by atoms with Crippen molar-refractivity contribution >= 4 is 18.3 Å². The van der Waals surface area contributed by atoms with Gasteiger partial charge in [0.2, 0.25) is 0 Å². The maximum atomic E-state index is 9.55. The van der Waals surface area contributed by atoms with Crippen LogP contribution >= 0.6 is 0 Å². The first kappa shape index (κ1) is 17.2. The molecular formula is C19H22N2O4. The summed E-state index contributed by atoms with van der Waals surface area (Å²) >= 11 is 0. The third kappa shape index (κ3) is 4.26. The van der Waals surface area contributed by atoms with E-state index >= 15 is 0 Å². The number of rotatable bonds is 4. The number of aryl methyl sites for hydroxylation is 1. The number of aliphatic imine (C=N–C) groups is 1. The van der Waals surface area contributed by atoms with Gasteiger partial charge in [-0.25, -0.2) is 9.59 Å². The monoisotopic (exact) mass is 342 g/mol. The highest BCUT2D eigenvalue weighted by Crippen LogP contribution is 2.61. The first-order valence-electron chi connectivity index (χ1n) is 8.53. The van der Waals surface area contributed by atoms with Crippen LogP contribution in [0.2, 0.25) is 0 Å². The van der Waals surface area contributed by atoms with Crippen LogP contribution < -0.4 is 5.32 Å². The van der Waals surface area contributed by atoms with Crippen LogP contribution in [-0.4, -0.2) is 41.1 Å². The van der Waals surface area contributed by atoms with Crippen molar-refractivity contribution < 1.29 is 19.8 Å². The number of carboxylic acids is 2. The van der Waals surface area contributed by atoms with Crippen LogP contribution in [0.1, 0.15) is 29.9 Å². The Hall–Kier alpha value is -2.63. The molecule has 2 aliphatic carbocycles. The van der Waals surface area contributed by atoms with E-state index in [1.54, 1.807) is 11.1 Å². The molecule has 25 heavy (non-hydrogen) atoms. The third-order valence-corrected chi connectivity index (χ3v) is 5.14. The first-order chi connectivity index (χ1) is 12.1. The van der Waals surface area contributed by atoms with E-state index in [1.807, 2.05) is 6.34 Å². The number of nitrogens with zero attached hydrogens (tertiary/aromatic N) is 1. The zero-order valence-electron chi connectivity index (χ0n) is 13.8. The van der Waals surface area contributed by atoms with Crippen molar-refractivity contribution in [1.29, 1.82) is 0 Å². The van der Waals surface area contributed by atoms with Crippen molar-refractivity contribution in [1.82, 2.24) is 5.32 Å². The standard InChI is InChI=1S/C15H18N2.C4H4O4/c1-2-4-12-10(3-1)5-6-13-14(15(12)13)7-11-8-16-9-17-11;5-3(6)1-2-4(7)8/h1-4,9,11,13-15H,5-8H2,(H,16,17);1-2H,(H,5,6)(H,7,8)/b;2-1+/t11-,13-,14?,15+;/m1./s1. The molecule has 1 saturated carbocycles. The summed E-state index contributed by atoms with van der Waals surface area (Å²) in [7, 11) is 0. The summed E-state index contributed by atoms with van der Waals surface area (Å²) in [6.07, 6.45) is 6.97. The van der Waals surface area contributed by atoms with Gasteiger partial charge < -0.3 is 15.5 Å². The summed E-state index contributed by atoms with van der Waals surface area (Å²) < 4.78 is 0. The van der Waals surface area contributed by atoms with E-state index in [-0.39, 0.29) is 0 Å². The molecule has 0 aromatic heterocycles. The van der Waals surface area contributed by atoms with Gasteiger partial charge in [0, 0.05) is 18.7 Å². The topological polar surface area (TPSA) is 99.0 Å². The molecule has 3 N–H and O–H groups in total. The van der Waals surface area contributed by atoms with E-state index in [0.29, 0.717) is 18.2 Å². The molecule has 1 aliphatic heterocycles. The van der Waals surface area contributed by atoms with Crippen LogP contribution in [-0.2, 0) is 16.0 Å². The SMILES string of the molecule is C1=N[C@H](CC2[C@H]3CCc4ccccc4[C@H]23)CN1.O=C(O)/C=C/C(=O)O. The fourth-order valence-electron chi connectivity index (χ4n) is 4.03. The highest BCUT2D eigenvalue weighted by molar-refractivity contribution is 5.89. The lowest BCUT2D eigenvalue weighted by Gasteiger charge is -2.13. The minimum atomic E-state index is -1.26. The summed E-state index contributed by atoms with van der Waals surface area (Å²) in [5, 5.41) is 18.8. The average molecular weight is 342 g/mol. The number of fused-ring (bicyclic) bond motifs is 3. The van der Waals surface area contributed by atoms with Gasteiger partial charge in [0.25, 0.3) is 0 Å². The molecule has 1 unspecified atom stereocenters. The highest BCUT2D eigenvalue weighted by atomic mass is 16.4. The third-order valence-electron chi connectivity index (χ3n) is 5.14. The predicted octanol–water partition coefficient (Wildman–Crippen LogP) is 2.06. The maximum Gasteiger partial charge on any atom is 0.328 e. The normalized spacial score (nSPS) is 28.3. The van der Waals surface area contributed by atoms with Gasteiger partial charge >= 0.3 is 11.9 Å². The van der Waals surface area contributed by atoms with E-state index in [0.717, 1.165) is 24.3 Å². The molecule has 3 aliphatic rings. The predicted molar refractivity (Wildman–Crippen MR) is 93.8 cm³/mol. The molecule has 0 bridgehead atoms. The van der Waals surface area contributed by atoms with Crippen molar-refractivity contribution in [2.24, 2.45) is 16.8 Å². The summed E-state index contributed by atoms with van der Waals surface area (Å²) in [4.78, 5) is 23.6. The number of hydrogen-bond acceptors (Lipinski definition) is 4. The molecule has 0 radical (unpaired) electrons. The van der Waals surface area contributed by atoms with Crippen molar-refractivity contribution in [2.75, 3.05) is 6.54 Å². The fourth-order valence-corrected chi connectivity index (χ4v) is 4.03. The fraction of sp³-hybridized carbons (Fsp3) is 0.421. The van der Waals surface area contributed by atoms with Gasteiger partial charge in [-0.3, -0.25) is 4.99 Å². The Morgan fingerprint density at radius 3 is 2.56 bits per heavy atom. The average Bonchev–Trinajstić information content (AvgIpc) is 3.04. The van der Waals surface area contributed by atoms with Crippen LogP contribution in [0.4, 0.5) is 0 Å². The minimum Gasteiger partial charge on any atom is -0.478 e. The number of nitrogens with one attached hydrogen (secondary N) is 1. The minimum absolute atomic E-state index is 0.540. The Kier molecular flexibility index (Phi) is 5.16. The van der Waals surface area contributed by atoms with E-state index in [9.17, 15) is 9.59 Å². The summed E-state index contributed by atoms with van der Waals surface area (Å²) in [5.74, 6) is 0.206. The van der Waals surface area contributed by atoms with E-state index in [4.69, 9.17) is 10.2 Å². The van der Waals surface area contributed by atoms with E-state index in [1.165, 1.54) is 19.3 Å². The van der Waals surface area contributed by atoms with Gasteiger partial charge in [0.15, 0.2) is 0 Å². The molecule has 4 atom stereocenters. The van der Waals surface area contributed by atoms with Crippen LogP contribution in [0.15, 0.2) is 41.4 Å². The molecule has 4 rings (SSSR count). The second-order valence-corrected chi connectivity index (χ2v) is 6.68.